The van der Waals surface area contributed by atoms with Gasteiger partial charge in [-0.3, -0.25) is 4.79 Å². The number of hydrogen-bond acceptors (Lipinski definition) is 6. The molecule has 4 heterocycles. The van der Waals surface area contributed by atoms with Crippen LogP contribution in [0.2, 0.25) is 5.02 Å². The third kappa shape index (κ3) is 5.56. The second kappa shape index (κ2) is 12.1. The molecule has 0 spiro atoms. The van der Waals surface area contributed by atoms with Crippen LogP contribution in [-0.4, -0.2) is 69.2 Å². The number of carbonyl (C=O) groups is 2. The molecule has 9 heteroatoms. The zero-order chi connectivity index (χ0) is 32.2. The van der Waals surface area contributed by atoms with Gasteiger partial charge in [-0.1, -0.05) is 49.7 Å². The van der Waals surface area contributed by atoms with Gasteiger partial charge in [0.2, 0.25) is 0 Å². The average molecular weight is 645 g/mol. The molecule has 2 fully saturated rings. The third-order valence-electron chi connectivity index (χ3n) is 11.0. The first-order chi connectivity index (χ1) is 22.1. The van der Waals surface area contributed by atoms with Gasteiger partial charge in [0.15, 0.2) is 6.04 Å². The van der Waals surface area contributed by atoms with Crippen molar-refractivity contribution in [3.63, 3.8) is 0 Å². The van der Waals surface area contributed by atoms with Crippen molar-refractivity contribution < 1.29 is 19.4 Å². The zero-order valence-corrected chi connectivity index (χ0v) is 28.0. The molecule has 2 aromatic carbocycles. The first-order valence-corrected chi connectivity index (χ1v) is 17.3. The molecule has 1 atom stereocenters. The SMILES string of the molecule is CCOC(=O)C(c1ncn2c1CCC2)N1Cc2c(Cl)cc(-c3ccc(C4(C)CC(C)(CN5CCC(CO)CC5)C4)cc3)cc2C1=O. The molecule has 1 aromatic heterocycles. The van der Waals surface area contributed by atoms with Crippen molar-refractivity contribution >= 4 is 23.5 Å². The summed E-state index contributed by atoms with van der Waals surface area (Å²) in [6.07, 6.45) is 8.07. The number of nitrogens with zero attached hydrogens (tertiary/aromatic N) is 4. The fourth-order valence-corrected chi connectivity index (χ4v) is 9.26. The van der Waals surface area contributed by atoms with Gasteiger partial charge in [0.1, 0.15) is 0 Å². The summed E-state index contributed by atoms with van der Waals surface area (Å²) in [4.78, 5) is 36.0. The molecule has 0 bridgehead atoms. The molecule has 1 saturated heterocycles. The van der Waals surface area contributed by atoms with E-state index in [9.17, 15) is 14.7 Å². The Morgan fingerprint density at radius 3 is 2.54 bits per heavy atom. The van der Waals surface area contributed by atoms with Gasteiger partial charge in [0.05, 0.1) is 18.6 Å². The van der Waals surface area contributed by atoms with Crippen LogP contribution in [0.3, 0.4) is 0 Å². The normalized spacial score (nSPS) is 25.3. The second-order valence-electron chi connectivity index (χ2n) is 14.6. The van der Waals surface area contributed by atoms with Gasteiger partial charge in [0, 0.05) is 48.1 Å². The maximum atomic E-state index is 14.0. The van der Waals surface area contributed by atoms with E-state index in [0.717, 1.165) is 87.1 Å². The molecule has 1 N–H and O–H groups in total. The van der Waals surface area contributed by atoms with Crippen molar-refractivity contribution in [3.05, 3.63) is 75.8 Å². The predicted octanol–water partition coefficient (Wildman–Crippen LogP) is 6.17. The number of hydrogen-bond donors (Lipinski definition) is 1. The van der Waals surface area contributed by atoms with Crippen LogP contribution in [0.15, 0.2) is 42.7 Å². The largest absolute Gasteiger partial charge is 0.464 e. The number of aliphatic hydroxyl groups excluding tert-OH is 1. The fourth-order valence-electron chi connectivity index (χ4n) is 8.98. The van der Waals surface area contributed by atoms with Crippen molar-refractivity contribution in [1.29, 1.82) is 0 Å². The van der Waals surface area contributed by atoms with Crippen LogP contribution in [0, 0.1) is 11.3 Å². The number of imidazole rings is 1. The summed E-state index contributed by atoms with van der Waals surface area (Å²) >= 11 is 6.85. The van der Waals surface area contributed by atoms with Gasteiger partial charge >= 0.3 is 5.97 Å². The number of benzene rings is 2. The van der Waals surface area contributed by atoms with Crippen LogP contribution < -0.4 is 0 Å². The van der Waals surface area contributed by atoms with Crippen LogP contribution in [0.25, 0.3) is 11.1 Å². The molecule has 3 aliphatic heterocycles. The van der Waals surface area contributed by atoms with Gasteiger partial charge in [-0.25, -0.2) is 9.78 Å². The maximum Gasteiger partial charge on any atom is 0.335 e. The standard InChI is InChI=1S/C37H45ClN4O4/c1-4-46-35(45)33(32-31-6-5-13-41(31)23-39-32)42-18-29-28(34(42)44)16-26(17-30(29)38)25-7-9-27(10-8-25)37(3)20-36(2,21-37)22-40-14-11-24(19-43)12-15-40/h7-10,16-17,23-24,33,43H,4-6,11-15,18-22H2,1-3H3. The van der Waals surface area contributed by atoms with Crippen molar-refractivity contribution in [3.8, 4) is 11.1 Å². The first-order valence-electron chi connectivity index (χ1n) is 16.9. The number of fused-ring (bicyclic) bond motifs is 2. The van der Waals surface area contributed by atoms with Gasteiger partial charge in [-0.2, -0.15) is 0 Å². The molecule has 1 saturated carbocycles. The zero-order valence-electron chi connectivity index (χ0n) is 27.2. The lowest BCUT2D eigenvalue weighted by Gasteiger charge is -2.55. The van der Waals surface area contributed by atoms with E-state index in [-0.39, 0.29) is 24.5 Å². The monoisotopic (exact) mass is 644 g/mol. The summed E-state index contributed by atoms with van der Waals surface area (Å²) in [7, 11) is 0. The minimum atomic E-state index is -0.908. The highest BCUT2D eigenvalue weighted by Crippen LogP contribution is 2.56. The predicted molar refractivity (Wildman–Crippen MR) is 178 cm³/mol. The molecule has 1 amide bonds. The fraction of sp³-hybridized carbons (Fsp3) is 0.541. The molecule has 244 valence electrons. The number of aryl methyl sites for hydroxylation is 1. The molecule has 8 nitrogen and oxygen atoms in total. The summed E-state index contributed by atoms with van der Waals surface area (Å²) < 4.78 is 7.52. The number of carbonyl (C=O) groups excluding carboxylic acids is 2. The summed E-state index contributed by atoms with van der Waals surface area (Å²) in [5, 5.41) is 10.0. The number of halogens is 1. The minimum Gasteiger partial charge on any atom is -0.464 e. The van der Waals surface area contributed by atoms with E-state index in [1.807, 2.05) is 12.1 Å². The third-order valence-corrected chi connectivity index (χ3v) is 11.3. The Labute approximate surface area is 276 Å². The topological polar surface area (TPSA) is 87.9 Å². The lowest BCUT2D eigenvalue weighted by atomic mass is 9.52. The Balaban J connectivity index is 1.07. The smallest absolute Gasteiger partial charge is 0.335 e. The van der Waals surface area contributed by atoms with Crippen molar-refractivity contribution in [1.82, 2.24) is 19.4 Å². The number of aromatic nitrogens is 2. The van der Waals surface area contributed by atoms with E-state index >= 15 is 0 Å². The van der Waals surface area contributed by atoms with E-state index < -0.39 is 12.0 Å². The van der Waals surface area contributed by atoms with Crippen LogP contribution in [0.5, 0.6) is 0 Å². The Morgan fingerprint density at radius 2 is 1.85 bits per heavy atom. The number of esters is 1. The van der Waals surface area contributed by atoms with E-state index in [1.54, 1.807) is 18.2 Å². The van der Waals surface area contributed by atoms with Gasteiger partial charge in [-0.15, -0.1) is 0 Å². The van der Waals surface area contributed by atoms with Crippen LogP contribution in [-0.2, 0) is 34.5 Å². The number of ether oxygens (including phenoxy) is 1. The molecule has 46 heavy (non-hydrogen) atoms. The van der Waals surface area contributed by atoms with Gasteiger partial charge in [-0.05, 0) is 104 Å². The van der Waals surface area contributed by atoms with Crippen LogP contribution >= 0.6 is 11.6 Å². The van der Waals surface area contributed by atoms with E-state index in [4.69, 9.17) is 16.3 Å². The molecule has 1 unspecified atom stereocenters. The van der Waals surface area contributed by atoms with E-state index in [0.29, 0.717) is 34.2 Å². The number of rotatable bonds is 9. The Kier molecular flexibility index (Phi) is 8.27. The summed E-state index contributed by atoms with van der Waals surface area (Å²) in [6.45, 7) is 11.5. The lowest BCUT2D eigenvalue weighted by molar-refractivity contribution is -0.149. The summed E-state index contributed by atoms with van der Waals surface area (Å²) in [5.74, 6) is -0.220. The van der Waals surface area contributed by atoms with Gasteiger partial charge in [0.25, 0.3) is 5.91 Å². The first kappa shape index (κ1) is 31.4. The molecular weight excluding hydrogens is 600 g/mol. The molecule has 7 rings (SSSR count). The molecule has 1 aliphatic carbocycles. The number of amides is 1. The lowest BCUT2D eigenvalue weighted by Crippen LogP contribution is -2.53. The van der Waals surface area contributed by atoms with Crippen molar-refractivity contribution in [2.24, 2.45) is 11.3 Å². The van der Waals surface area contributed by atoms with Crippen molar-refractivity contribution in [2.75, 3.05) is 32.8 Å². The molecular formula is C37H45ClN4O4. The molecule has 3 aromatic rings. The van der Waals surface area contributed by atoms with Crippen molar-refractivity contribution in [2.45, 2.75) is 83.8 Å². The second-order valence-corrected chi connectivity index (χ2v) is 15.1. The Bertz CT molecular complexity index is 1640. The number of aliphatic hydroxyl groups is 1. The Hall–Kier alpha value is -3.20. The molecule has 0 radical (unpaired) electrons. The van der Waals surface area contributed by atoms with E-state index in [2.05, 4.69) is 52.6 Å². The Morgan fingerprint density at radius 1 is 1.11 bits per heavy atom. The summed E-state index contributed by atoms with van der Waals surface area (Å²) in [5.41, 5.74) is 6.54. The van der Waals surface area contributed by atoms with E-state index in [1.165, 1.54) is 5.56 Å². The highest BCUT2D eigenvalue weighted by molar-refractivity contribution is 6.32. The highest BCUT2D eigenvalue weighted by atomic mass is 35.5. The van der Waals surface area contributed by atoms with Crippen LogP contribution in [0.1, 0.15) is 91.8 Å². The molecule has 4 aliphatic rings. The van der Waals surface area contributed by atoms with Gasteiger partial charge < -0.3 is 24.2 Å². The van der Waals surface area contributed by atoms with Crippen LogP contribution in [0.4, 0.5) is 0 Å². The highest BCUT2D eigenvalue weighted by Gasteiger charge is 2.50. The maximum absolute atomic E-state index is 14.0. The summed E-state index contributed by atoms with van der Waals surface area (Å²) in [6, 6.07) is 11.7. The number of piperidine rings is 1. The average Bonchev–Trinajstić information content (AvgIpc) is 3.74. The number of likely N-dealkylation sites (tertiary alicyclic amines) is 1. The minimum absolute atomic E-state index is 0.137. The quantitative estimate of drug-likeness (QED) is 0.280.